The Labute approximate surface area is 144 Å². The van der Waals surface area contributed by atoms with Crippen LogP contribution in [0.25, 0.3) is 0 Å². The molecule has 1 saturated heterocycles. The van der Waals surface area contributed by atoms with Gasteiger partial charge in [-0.25, -0.2) is 0 Å². The highest BCUT2D eigenvalue weighted by atomic mass is 19.4. The van der Waals surface area contributed by atoms with Crippen LogP contribution in [0.2, 0.25) is 0 Å². The second-order valence-corrected chi connectivity index (χ2v) is 6.43. The van der Waals surface area contributed by atoms with Crippen molar-refractivity contribution in [2.75, 3.05) is 13.1 Å². The van der Waals surface area contributed by atoms with E-state index in [4.69, 9.17) is 0 Å². The van der Waals surface area contributed by atoms with Gasteiger partial charge in [-0.05, 0) is 24.5 Å². The number of H-pyrrole nitrogens is 1. The molecule has 0 spiro atoms. The van der Waals surface area contributed by atoms with Crippen molar-refractivity contribution < 1.29 is 18.0 Å². The summed E-state index contributed by atoms with van der Waals surface area (Å²) < 4.78 is 37.0. The molecule has 0 aliphatic carbocycles. The molecule has 1 aromatic heterocycles. The summed E-state index contributed by atoms with van der Waals surface area (Å²) in [5.74, 6) is -0.659. The molecule has 0 radical (unpaired) electrons. The summed E-state index contributed by atoms with van der Waals surface area (Å²) >= 11 is 0. The number of hydrogen-bond donors (Lipinski definition) is 1. The van der Waals surface area contributed by atoms with Crippen LogP contribution in [0.4, 0.5) is 13.2 Å². The van der Waals surface area contributed by atoms with Gasteiger partial charge in [0.1, 0.15) is 6.42 Å². The van der Waals surface area contributed by atoms with Crippen LogP contribution in [0.5, 0.6) is 0 Å². The first-order valence-electron chi connectivity index (χ1n) is 8.33. The minimum absolute atomic E-state index is 0.177. The second kappa shape index (κ2) is 7.29. The summed E-state index contributed by atoms with van der Waals surface area (Å²) in [6.07, 6.45) is -3.78. The van der Waals surface area contributed by atoms with Crippen LogP contribution in [0.1, 0.15) is 42.1 Å². The number of aromatic amines is 1. The van der Waals surface area contributed by atoms with E-state index in [0.717, 1.165) is 17.8 Å². The Morgan fingerprint density at radius 2 is 1.88 bits per heavy atom. The zero-order chi connectivity index (χ0) is 17.9. The van der Waals surface area contributed by atoms with Gasteiger partial charge in [-0.2, -0.15) is 18.3 Å². The highest BCUT2D eigenvalue weighted by Gasteiger charge is 2.35. The van der Waals surface area contributed by atoms with E-state index < -0.39 is 18.5 Å². The topological polar surface area (TPSA) is 49.0 Å². The number of piperidine rings is 1. The quantitative estimate of drug-likeness (QED) is 0.914. The molecular weight excluding hydrogens is 331 g/mol. The first-order valence-corrected chi connectivity index (χ1v) is 8.33. The number of rotatable bonds is 4. The van der Waals surface area contributed by atoms with Crippen LogP contribution < -0.4 is 0 Å². The molecule has 2 aromatic rings. The normalized spacial score (nSPS) is 16.2. The predicted octanol–water partition coefficient (Wildman–Crippen LogP) is 3.66. The van der Waals surface area contributed by atoms with E-state index in [9.17, 15) is 18.0 Å². The van der Waals surface area contributed by atoms with E-state index in [0.29, 0.717) is 25.9 Å². The fourth-order valence-electron chi connectivity index (χ4n) is 3.20. The molecule has 1 N–H and O–H groups in total. The fourth-order valence-corrected chi connectivity index (χ4v) is 3.20. The van der Waals surface area contributed by atoms with Gasteiger partial charge in [-0.3, -0.25) is 9.89 Å². The first kappa shape index (κ1) is 17.5. The lowest BCUT2D eigenvalue weighted by atomic mass is 9.93. The SMILES string of the molecule is O=C(CC(F)(F)F)N1CCC(c2cc(Cc3ccccc3)[nH]n2)CC1. The number of nitrogens with zero attached hydrogens (tertiary/aromatic N) is 2. The standard InChI is InChI=1S/C18H20F3N3O/c19-18(20,21)12-17(25)24-8-6-14(7-9-24)16-11-15(22-23-16)10-13-4-2-1-3-5-13/h1-5,11,14H,6-10,12H2,(H,22,23). The molecule has 0 unspecified atom stereocenters. The second-order valence-electron chi connectivity index (χ2n) is 6.43. The molecule has 7 heteroatoms. The Hall–Kier alpha value is -2.31. The van der Waals surface area contributed by atoms with Gasteiger partial charge in [0.15, 0.2) is 0 Å². The molecule has 1 aromatic carbocycles. The molecule has 1 fully saturated rings. The highest BCUT2D eigenvalue weighted by Crippen LogP contribution is 2.29. The van der Waals surface area contributed by atoms with Gasteiger partial charge < -0.3 is 4.90 Å². The molecule has 4 nitrogen and oxygen atoms in total. The first-order chi connectivity index (χ1) is 11.9. The van der Waals surface area contributed by atoms with E-state index >= 15 is 0 Å². The molecule has 0 saturated carbocycles. The maximum Gasteiger partial charge on any atom is 0.397 e. The summed E-state index contributed by atoms with van der Waals surface area (Å²) in [6.45, 7) is 0.695. The summed E-state index contributed by atoms with van der Waals surface area (Å²) in [4.78, 5) is 13.0. The molecule has 0 atom stereocenters. The number of carbonyl (C=O) groups excluding carboxylic acids is 1. The lowest BCUT2D eigenvalue weighted by Gasteiger charge is -2.31. The maximum absolute atomic E-state index is 12.3. The number of benzene rings is 1. The molecule has 134 valence electrons. The molecular formula is C18H20F3N3O. The van der Waals surface area contributed by atoms with Crippen LogP contribution in [0.3, 0.4) is 0 Å². The van der Waals surface area contributed by atoms with E-state index in [-0.39, 0.29) is 5.92 Å². The van der Waals surface area contributed by atoms with Crippen LogP contribution >= 0.6 is 0 Å². The number of aromatic nitrogens is 2. The highest BCUT2D eigenvalue weighted by molar-refractivity contribution is 5.76. The minimum atomic E-state index is -4.44. The van der Waals surface area contributed by atoms with E-state index in [1.807, 2.05) is 36.4 Å². The third-order valence-corrected chi connectivity index (χ3v) is 4.51. The Morgan fingerprint density at radius 1 is 1.20 bits per heavy atom. The molecule has 25 heavy (non-hydrogen) atoms. The van der Waals surface area contributed by atoms with Gasteiger partial charge >= 0.3 is 6.18 Å². The third kappa shape index (κ3) is 4.84. The van der Waals surface area contributed by atoms with Gasteiger partial charge in [0, 0.05) is 31.1 Å². The number of alkyl halides is 3. The summed E-state index contributed by atoms with van der Waals surface area (Å²) in [7, 11) is 0. The average molecular weight is 351 g/mol. The van der Waals surface area contributed by atoms with Crippen molar-refractivity contribution in [1.29, 1.82) is 0 Å². The number of carbonyl (C=O) groups is 1. The number of hydrogen-bond acceptors (Lipinski definition) is 2. The fraction of sp³-hybridized carbons (Fsp3) is 0.444. The molecule has 0 bridgehead atoms. The Bertz CT molecular complexity index is 704. The zero-order valence-electron chi connectivity index (χ0n) is 13.7. The lowest BCUT2D eigenvalue weighted by molar-refractivity contribution is -0.162. The monoisotopic (exact) mass is 351 g/mol. The molecule has 1 aliphatic heterocycles. The molecule has 3 rings (SSSR count). The van der Waals surface area contributed by atoms with E-state index in [1.54, 1.807) is 0 Å². The van der Waals surface area contributed by atoms with Gasteiger partial charge in [-0.1, -0.05) is 30.3 Å². The smallest absolute Gasteiger partial charge is 0.342 e. The van der Waals surface area contributed by atoms with Crippen molar-refractivity contribution in [3.8, 4) is 0 Å². The van der Waals surface area contributed by atoms with Crippen LogP contribution in [-0.4, -0.2) is 40.3 Å². The number of nitrogens with one attached hydrogen (secondary N) is 1. The van der Waals surface area contributed by atoms with Crippen molar-refractivity contribution in [1.82, 2.24) is 15.1 Å². The number of amides is 1. The largest absolute Gasteiger partial charge is 0.397 e. The lowest BCUT2D eigenvalue weighted by Crippen LogP contribution is -2.39. The maximum atomic E-state index is 12.3. The number of halogens is 3. The molecule has 1 amide bonds. The van der Waals surface area contributed by atoms with E-state index in [1.165, 1.54) is 10.5 Å². The zero-order valence-corrected chi connectivity index (χ0v) is 13.7. The Morgan fingerprint density at radius 3 is 2.52 bits per heavy atom. The van der Waals surface area contributed by atoms with Crippen LogP contribution in [0.15, 0.2) is 36.4 Å². The van der Waals surface area contributed by atoms with Crippen molar-refractivity contribution in [3.05, 3.63) is 53.3 Å². The van der Waals surface area contributed by atoms with Gasteiger partial charge in [0.2, 0.25) is 5.91 Å². The Balaban J connectivity index is 1.54. The van der Waals surface area contributed by atoms with Crippen molar-refractivity contribution in [2.24, 2.45) is 0 Å². The summed E-state index contributed by atoms with van der Waals surface area (Å²) in [5, 5.41) is 7.39. The van der Waals surface area contributed by atoms with Gasteiger partial charge in [0.05, 0.1) is 5.69 Å². The summed E-state index contributed by atoms with van der Waals surface area (Å²) in [6, 6.07) is 12.1. The van der Waals surface area contributed by atoms with Crippen molar-refractivity contribution in [2.45, 2.75) is 37.8 Å². The third-order valence-electron chi connectivity index (χ3n) is 4.51. The van der Waals surface area contributed by atoms with Gasteiger partial charge in [0.25, 0.3) is 0 Å². The average Bonchev–Trinajstić information content (AvgIpc) is 3.03. The van der Waals surface area contributed by atoms with Crippen LogP contribution in [-0.2, 0) is 11.2 Å². The molecule has 2 heterocycles. The van der Waals surface area contributed by atoms with Crippen molar-refractivity contribution >= 4 is 5.91 Å². The van der Waals surface area contributed by atoms with Crippen LogP contribution in [0, 0.1) is 0 Å². The van der Waals surface area contributed by atoms with E-state index in [2.05, 4.69) is 10.2 Å². The molecule has 1 aliphatic rings. The Kier molecular flexibility index (Phi) is 5.11. The summed E-state index contributed by atoms with van der Waals surface area (Å²) in [5.41, 5.74) is 3.12. The number of likely N-dealkylation sites (tertiary alicyclic amines) is 1. The van der Waals surface area contributed by atoms with Crippen molar-refractivity contribution in [3.63, 3.8) is 0 Å². The predicted molar refractivity (Wildman–Crippen MR) is 87.1 cm³/mol. The minimum Gasteiger partial charge on any atom is -0.342 e. The van der Waals surface area contributed by atoms with Gasteiger partial charge in [-0.15, -0.1) is 0 Å².